The SMILES string of the molecule is CC[C@H](NS(=O)(=O)c1ccc(Cl)c(F)c1Cl)C(=O)O. The average molecular weight is 330 g/mol. The van der Waals surface area contributed by atoms with Crippen LogP contribution in [0.4, 0.5) is 4.39 Å². The predicted molar refractivity (Wildman–Crippen MR) is 68.5 cm³/mol. The Morgan fingerprint density at radius 3 is 2.53 bits per heavy atom. The Morgan fingerprint density at radius 2 is 2.05 bits per heavy atom. The molecule has 0 aliphatic heterocycles. The van der Waals surface area contributed by atoms with Crippen molar-refractivity contribution in [2.75, 3.05) is 0 Å². The molecule has 1 atom stereocenters. The van der Waals surface area contributed by atoms with Gasteiger partial charge in [-0.2, -0.15) is 4.72 Å². The van der Waals surface area contributed by atoms with Gasteiger partial charge in [0.2, 0.25) is 10.0 Å². The fourth-order valence-corrected chi connectivity index (χ4v) is 3.29. The zero-order valence-corrected chi connectivity index (χ0v) is 12.0. The molecular formula is C10H10Cl2FNO4S. The zero-order valence-electron chi connectivity index (χ0n) is 9.65. The number of rotatable bonds is 5. The molecule has 0 unspecified atom stereocenters. The molecular weight excluding hydrogens is 320 g/mol. The van der Waals surface area contributed by atoms with Gasteiger partial charge in [-0.15, -0.1) is 0 Å². The minimum Gasteiger partial charge on any atom is -0.480 e. The molecule has 0 heterocycles. The van der Waals surface area contributed by atoms with Crippen molar-refractivity contribution < 1.29 is 22.7 Å². The first-order chi connectivity index (χ1) is 8.70. The van der Waals surface area contributed by atoms with Crippen LogP contribution < -0.4 is 4.72 Å². The fraction of sp³-hybridized carbons (Fsp3) is 0.300. The second-order valence-corrected chi connectivity index (χ2v) is 6.06. The van der Waals surface area contributed by atoms with E-state index in [2.05, 4.69) is 0 Å². The number of aliphatic carboxylic acids is 1. The van der Waals surface area contributed by atoms with E-state index in [1.54, 1.807) is 0 Å². The topological polar surface area (TPSA) is 83.5 Å². The number of carboxylic acids is 1. The molecule has 9 heteroatoms. The monoisotopic (exact) mass is 329 g/mol. The molecule has 0 aromatic heterocycles. The van der Waals surface area contributed by atoms with Gasteiger partial charge in [-0.1, -0.05) is 30.1 Å². The van der Waals surface area contributed by atoms with Crippen LogP contribution in [0.3, 0.4) is 0 Å². The predicted octanol–water partition coefficient (Wildman–Crippen LogP) is 2.27. The number of hydrogen-bond acceptors (Lipinski definition) is 3. The molecule has 5 nitrogen and oxygen atoms in total. The molecule has 2 N–H and O–H groups in total. The van der Waals surface area contributed by atoms with E-state index >= 15 is 0 Å². The summed E-state index contributed by atoms with van der Waals surface area (Å²) in [5.74, 6) is -2.41. The van der Waals surface area contributed by atoms with Crippen molar-refractivity contribution in [2.24, 2.45) is 0 Å². The van der Waals surface area contributed by atoms with Crippen molar-refractivity contribution in [3.63, 3.8) is 0 Å². The van der Waals surface area contributed by atoms with E-state index < -0.39 is 37.8 Å². The van der Waals surface area contributed by atoms with Gasteiger partial charge in [0.1, 0.15) is 10.9 Å². The van der Waals surface area contributed by atoms with Gasteiger partial charge in [-0.25, -0.2) is 12.8 Å². The largest absolute Gasteiger partial charge is 0.480 e. The van der Waals surface area contributed by atoms with Gasteiger partial charge in [0.15, 0.2) is 5.82 Å². The van der Waals surface area contributed by atoms with E-state index in [1.165, 1.54) is 6.92 Å². The van der Waals surface area contributed by atoms with Crippen molar-refractivity contribution in [3.8, 4) is 0 Å². The van der Waals surface area contributed by atoms with Crippen LogP contribution in [0.25, 0.3) is 0 Å². The van der Waals surface area contributed by atoms with E-state index in [9.17, 15) is 17.6 Å². The first-order valence-corrected chi connectivity index (χ1v) is 7.33. The van der Waals surface area contributed by atoms with Crippen LogP contribution in [-0.4, -0.2) is 25.5 Å². The Balaban J connectivity index is 3.22. The van der Waals surface area contributed by atoms with E-state index in [1.807, 2.05) is 4.72 Å². The van der Waals surface area contributed by atoms with E-state index in [-0.39, 0.29) is 11.4 Å². The molecule has 106 valence electrons. The van der Waals surface area contributed by atoms with Gasteiger partial charge in [0.05, 0.1) is 10.0 Å². The van der Waals surface area contributed by atoms with Gasteiger partial charge in [0.25, 0.3) is 0 Å². The Bertz CT molecular complexity index is 606. The molecule has 19 heavy (non-hydrogen) atoms. The summed E-state index contributed by atoms with van der Waals surface area (Å²) >= 11 is 11.0. The van der Waals surface area contributed by atoms with Crippen LogP contribution in [0.2, 0.25) is 10.0 Å². The Kier molecular flexibility index (Phi) is 5.14. The molecule has 1 aromatic carbocycles. The van der Waals surface area contributed by atoms with Gasteiger partial charge in [0, 0.05) is 0 Å². The maximum atomic E-state index is 13.4. The summed E-state index contributed by atoms with van der Waals surface area (Å²) in [7, 11) is -4.25. The highest BCUT2D eigenvalue weighted by molar-refractivity contribution is 7.89. The number of nitrogens with one attached hydrogen (secondary N) is 1. The fourth-order valence-electron chi connectivity index (χ4n) is 1.27. The lowest BCUT2D eigenvalue weighted by Gasteiger charge is -2.14. The number of halogens is 3. The van der Waals surface area contributed by atoms with Crippen LogP contribution in [0.5, 0.6) is 0 Å². The summed E-state index contributed by atoms with van der Waals surface area (Å²) in [5.41, 5.74) is 0. The molecule has 0 spiro atoms. The van der Waals surface area contributed by atoms with Crippen molar-refractivity contribution in [1.82, 2.24) is 4.72 Å². The third kappa shape index (κ3) is 3.56. The first-order valence-electron chi connectivity index (χ1n) is 5.09. The van der Waals surface area contributed by atoms with Crippen molar-refractivity contribution in [3.05, 3.63) is 28.0 Å². The standard InChI is InChI=1S/C10H10Cl2FNO4S/c1-2-6(10(15)16)14-19(17,18)7-4-3-5(11)9(13)8(7)12/h3-4,6,14H,2H2,1H3,(H,15,16)/t6-/m0/s1. The van der Waals surface area contributed by atoms with Crippen molar-refractivity contribution in [1.29, 1.82) is 0 Å². The smallest absolute Gasteiger partial charge is 0.321 e. The van der Waals surface area contributed by atoms with Crippen molar-refractivity contribution >= 4 is 39.2 Å². The lowest BCUT2D eigenvalue weighted by Crippen LogP contribution is -2.40. The van der Waals surface area contributed by atoms with Crippen molar-refractivity contribution in [2.45, 2.75) is 24.3 Å². The third-order valence-electron chi connectivity index (χ3n) is 2.29. The average Bonchev–Trinajstić information content (AvgIpc) is 2.32. The Morgan fingerprint density at radius 1 is 1.47 bits per heavy atom. The van der Waals surface area contributed by atoms with Crippen LogP contribution in [0.1, 0.15) is 13.3 Å². The highest BCUT2D eigenvalue weighted by atomic mass is 35.5. The summed E-state index contributed by atoms with van der Waals surface area (Å²) in [6.07, 6.45) is 0.0300. The highest BCUT2D eigenvalue weighted by Crippen LogP contribution is 2.29. The molecule has 0 amide bonds. The van der Waals surface area contributed by atoms with Crippen LogP contribution in [-0.2, 0) is 14.8 Å². The van der Waals surface area contributed by atoms with E-state index in [4.69, 9.17) is 28.3 Å². The second-order valence-electron chi connectivity index (χ2n) is 3.59. The van der Waals surface area contributed by atoms with E-state index in [0.717, 1.165) is 12.1 Å². The number of carboxylic acid groups (broad SMARTS) is 1. The summed E-state index contributed by atoms with van der Waals surface area (Å²) in [6.45, 7) is 1.49. The number of hydrogen-bond donors (Lipinski definition) is 2. The highest BCUT2D eigenvalue weighted by Gasteiger charge is 2.27. The van der Waals surface area contributed by atoms with E-state index in [0.29, 0.717) is 0 Å². The maximum absolute atomic E-state index is 13.4. The third-order valence-corrected chi connectivity index (χ3v) is 4.58. The summed E-state index contributed by atoms with van der Waals surface area (Å²) < 4.78 is 39.2. The number of benzene rings is 1. The molecule has 0 saturated carbocycles. The maximum Gasteiger partial charge on any atom is 0.321 e. The summed E-state index contributed by atoms with van der Waals surface area (Å²) in [6, 6.07) is 0.712. The quantitative estimate of drug-likeness (QED) is 0.812. The minimum atomic E-state index is -4.25. The lowest BCUT2D eigenvalue weighted by molar-refractivity contribution is -0.139. The normalized spacial score (nSPS) is 13.3. The lowest BCUT2D eigenvalue weighted by atomic mass is 10.2. The van der Waals surface area contributed by atoms with Gasteiger partial charge >= 0.3 is 5.97 Å². The molecule has 0 aliphatic rings. The van der Waals surface area contributed by atoms with Crippen LogP contribution in [0, 0.1) is 5.82 Å². The second kappa shape index (κ2) is 6.04. The summed E-state index contributed by atoms with van der Waals surface area (Å²) in [5, 5.41) is 7.79. The summed E-state index contributed by atoms with van der Waals surface area (Å²) in [4.78, 5) is 10.2. The molecule has 1 rings (SSSR count). The minimum absolute atomic E-state index is 0.0300. The van der Waals surface area contributed by atoms with Crippen LogP contribution >= 0.6 is 23.2 Å². The molecule has 1 aromatic rings. The Labute approximate surface area is 119 Å². The number of sulfonamides is 1. The number of carbonyl (C=O) groups is 1. The molecule has 0 bridgehead atoms. The molecule has 0 saturated heterocycles. The van der Waals surface area contributed by atoms with Crippen LogP contribution in [0.15, 0.2) is 17.0 Å². The molecule has 0 aliphatic carbocycles. The molecule has 0 radical (unpaired) electrons. The Hall–Kier alpha value is -0.890. The van der Waals surface area contributed by atoms with Gasteiger partial charge in [-0.05, 0) is 18.6 Å². The van der Waals surface area contributed by atoms with Gasteiger partial charge < -0.3 is 5.11 Å². The van der Waals surface area contributed by atoms with Gasteiger partial charge in [-0.3, -0.25) is 4.79 Å². The zero-order chi connectivity index (χ0) is 14.8. The first kappa shape index (κ1) is 16.2. The molecule has 0 fully saturated rings.